The fraction of sp³-hybridized carbons (Fsp3) is 0.143. The molecule has 3 aromatic rings. The smallest absolute Gasteiger partial charge is 0.466 e. The molecule has 2 atom stereocenters. The molecule has 0 unspecified atom stereocenters. The van der Waals surface area contributed by atoms with Crippen LogP contribution in [0.1, 0.15) is 5.56 Å². The average Bonchev–Trinajstić information content (AvgIpc) is 3.45. The summed E-state index contributed by atoms with van der Waals surface area (Å²) >= 11 is 0. The van der Waals surface area contributed by atoms with Crippen LogP contribution in [0.15, 0.2) is 114 Å². The minimum absolute atomic E-state index is 0.175. The average molecular weight is 534 g/mol. The molecule has 3 aromatic carbocycles. The fourth-order valence-electron chi connectivity index (χ4n) is 4.39. The van der Waals surface area contributed by atoms with Crippen LogP contribution >= 0.6 is 7.82 Å². The molecule has 0 radical (unpaired) electrons. The van der Waals surface area contributed by atoms with Crippen molar-refractivity contribution < 1.29 is 41.9 Å². The summed E-state index contributed by atoms with van der Waals surface area (Å²) in [5.41, 5.74) is -1.61. The Kier molecular flexibility index (Phi) is 6.67. The SMILES string of the molecule is COC(=O)C1=C(C(=O)OC)[C@]2(c3ccccc3)C=C[C@@]1(OP(=O)(Oc1ccccc1)Oc1ccccc1)O2. The van der Waals surface area contributed by atoms with E-state index in [1.165, 1.54) is 19.3 Å². The van der Waals surface area contributed by atoms with Crippen LogP contribution in [-0.2, 0) is 38.5 Å². The highest BCUT2D eigenvalue weighted by atomic mass is 31.2. The van der Waals surface area contributed by atoms with Crippen LogP contribution in [-0.4, -0.2) is 31.9 Å². The number of phosphoric acid groups is 1. The van der Waals surface area contributed by atoms with Gasteiger partial charge in [-0.1, -0.05) is 66.7 Å². The molecule has 9 nitrogen and oxygen atoms in total. The van der Waals surface area contributed by atoms with Gasteiger partial charge in [0.2, 0.25) is 5.79 Å². The maximum Gasteiger partial charge on any atom is 0.590 e. The fourth-order valence-corrected chi connectivity index (χ4v) is 5.78. The lowest BCUT2D eigenvalue weighted by Crippen LogP contribution is -2.36. The number of para-hydroxylation sites is 2. The highest BCUT2D eigenvalue weighted by molar-refractivity contribution is 7.49. The quantitative estimate of drug-likeness (QED) is 0.210. The molecule has 5 rings (SSSR count). The Hall–Kier alpha value is -4.17. The Morgan fingerprint density at radius 2 is 1.16 bits per heavy atom. The molecule has 0 saturated heterocycles. The van der Waals surface area contributed by atoms with Crippen molar-refractivity contribution in [2.45, 2.75) is 11.4 Å². The minimum atomic E-state index is -4.61. The number of carbonyl (C=O) groups excluding carboxylic acids is 2. The molecule has 0 fully saturated rings. The van der Waals surface area contributed by atoms with Gasteiger partial charge in [0.25, 0.3) is 0 Å². The number of phosphoric ester groups is 1. The maximum atomic E-state index is 14.3. The summed E-state index contributed by atoms with van der Waals surface area (Å²) in [7, 11) is -2.30. The molecule has 38 heavy (non-hydrogen) atoms. The summed E-state index contributed by atoms with van der Waals surface area (Å²) in [6.45, 7) is 0. The van der Waals surface area contributed by atoms with Crippen LogP contribution in [0, 0.1) is 0 Å². The molecule has 194 valence electrons. The Balaban J connectivity index is 1.66. The predicted molar refractivity (Wildman–Crippen MR) is 135 cm³/mol. The summed E-state index contributed by atoms with van der Waals surface area (Å²) in [5, 5.41) is 0. The van der Waals surface area contributed by atoms with E-state index in [4.69, 9.17) is 27.8 Å². The summed E-state index contributed by atoms with van der Waals surface area (Å²) < 4.78 is 48.1. The number of benzene rings is 3. The molecule has 2 aliphatic heterocycles. The first-order valence-corrected chi connectivity index (χ1v) is 13.0. The second-order valence-electron chi connectivity index (χ2n) is 8.28. The van der Waals surface area contributed by atoms with Crippen molar-refractivity contribution in [2.24, 2.45) is 0 Å². The number of hydrogen-bond acceptors (Lipinski definition) is 9. The zero-order valence-corrected chi connectivity index (χ0v) is 21.3. The standard InChI is InChI=1S/C28H23O9P/c1-32-25(29)23-24(26(30)33-2)28(19-18-27(23,36-28)20-12-6-3-7-13-20)37-38(31,34-21-14-8-4-9-15-21)35-22-16-10-5-11-17-22/h3-19H,1-2H3/t27-,28+/m1/s1. The summed E-state index contributed by atoms with van der Waals surface area (Å²) in [4.78, 5) is 26.3. The van der Waals surface area contributed by atoms with Gasteiger partial charge in [0.1, 0.15) is 22.7 Å². The first-order valence-electron chi connectivity index (χ1n) is 11.5. The van der Waals surface area contributed by atoms with Gasteiger partial charge in [0.15, 0.2) is 0 Å². The lowest BCUT2D eigenvalue weighted by atomic mass is 9.81. The Labute approximate surface area is 218 Å². The van der Waals surface area contributed by atoms with Crippen molar-refractivity contribution >= 4 is 19.8 Å². The molecule has 2 bridgehead atoms. The van der Waals surface area contributed by atoms with E-state index in [0.29, 0.717) is 5.56 Å². The normalized spacial score (nSPS) is 21.7. The van der Waals surface area contributed by atoms with Crippen molar-refractivity contribution in [2.75, 3.05) is 14.2 Å². The number of carbonyl (C=O) groups is 2. The van der Waals surface area contributed by atoms with Crippen molar-refractivity contribution in [3.8, 4) is 11.5 Å². The molecule has 10 heteroatoms. The molecule has 2 heterocycles. The summed E-state index contributed by atoms with van der Waals surface area (Å²) in [5.74, 6) is -3.63. The van der Waals surface area contributed by atoms with Crippen LogP contribution < -0.4 is 9.05 Å². The van der Waals surface area contributed by atoms with E-state index in [1.807, 2.05) is 0 Å². The molecule has 0 aliphatic carbocycles. The molecular formula is C28H23O9P. The number of rotatable bonds is 9. The van der Waals surface area contributed by atoms with Crippen molar-refractivity contribution in [3.63, 3.8) is 0 Å². The minimum Gasteiger partial charge on any atom is -0.466 e. The van der Waals surface area contributed by atoms with Crippen LogP contribution in [0.5, 0.6) is 11.5 Å². The lowest BCUT2D eigenvalue weighted by molar-refractivity contribution is -0.160. The van der Waals surface area contributed by atoms with Crippen LogP contribution in [0.4, 0.5) is 0 Å². The first kappa shape index (κ1) is 25.5. The maximum absolute atomic E-state index is 14.3. The number of esters is 2. The van der Waals surface area contributed by atoms with Crippen molar-refractivity contribution in [1.82, 2.24) is 0 Å². The monoisotopic (exact) mass is 534 g/mol. The number of methoxy groups -OCH3 is 2. The Morgan fingerprint density at radius 3 is 1.66 bits per heavy atom. The third-order valence-electron chi connectivity index (χ3n) is 5.97. The summed E-state index contributed by atoms with van der Waals surface area (Å²) in [6, 6.07) is 25.2. The number of fused-ring (bicyclic) bond motifs is 2. The van der Waals surface area contributed by atoms with E-state index < -0.39 is 31.1 Å². The third-order valence-corrected chi connectivity index (χ3v) is 7.33. The van der Waals surface area contributed by atoms with Crippen LogP contribution in [0.25, 0.3) is 0 Å². The van der Waals surface area contributed by atoms with Crippen LogP contribution in [0.2, 0.25) is 0 Å². The van der Waals surface area contributed by atoms with Gasteiger partial charge >= 0.3 is 19.8 Å². The molecule has 0 N–H and O–H groups in total. The highest BCUT2D eigenvalue weighted by Gasteiger charge is 2.66. The molecule has 0 amide bonds. The lowest BCUT2D eigenvalue weighted by Gasteiger charge is -2.30. The highest BCUT2D eigenvalue weighted by Crippen LogP contribution is 2.62. The molecule has 0 spiro atoms. The van der Waals surface area contributed by atoms with Crippen molar-refractivity contribution in [3.05, 3.63) is 120 Å². The molecule has 2 aliphatic rings. The van der Waals surface area contributed by atoms with E-state index in [2.05, 4.69) is 0 Å². The Morgan fingerprint density at radius 1 is 0.684 bits per heavy atom. The zero-order chi connectivity index (χ0) is 26.8. The van der Waals surface area contributed by atoms with E-state index in [0.717, 1.165) is 7.11 Å². The van der Waals surface area contributed by atoms with E-state index >= 15 is 0 Å². The number of hydrogen-bond donors (Lipinski definition) is 0. The van der Waals surface area contributed by atoms with Gasteiger partial charge in [-0.25, -0.2) is 18.7 Å². The van der Waals surface area contributed by atoms with E-state index in [9.17, 15) is 14.2 Å². The first-order chi connectivity index (χ1) is 18.3. The van der Waals surface area contributed by atoms with Gasteiger partial charge in [-0.2, -0.15) is 0 Å². The zero-order valence-electron chi connectivity index (χ0n) is 20.4. The molecule has 0 saturated carbocycles. The van der Waals surface area contributed by atoms with Gasteiger partial charge in [-0.15, -0.1) is 0 Å². The van der Waals surface area contributed by atoms with Crippen LogP contribution in [0.3, 0.4) is 0 Å². The second kappa shape index (κ2) is 9.95. The van der Waals surface area contributed by atoms with Crippen molar-refractivity contribution in [1.29, 1.82) is 0 Å². The number of ether oxygens (including phenoxy) is 3. The molecule has 0 aromatic heterocycles. The van der Waals surface area contributed by atoms with Gasteiger partial charge in [0.05, 0.1) is 19.8 Å². The molecular weight excluding hydrogens is 511 g/mol. The topological polar surface area (TPSA) is 107 Å². The van der Waals surface area contributed by atoms with E-state index in [-0.39, 0.29) is 22.6 Å². The Bertz CT molecular complexity index is 1410. The van der Waals surface area contributed by atoms with Gasteiger partial charge in [0, 0.05) is 0 Å². The largest absolute Gasteiger partial charge is 0.590 e. The van der Waals surface area contributed by atoms with Gasteiger partial charge < -0.3 is 23.3 Å². The van der Waals surface area contributed by atoms with E-state index in [1.54, 1.807) is 91.0 Å². The summed E-state index contributed by atoms with van der Waals surface area (Å²) in [6.07, 6.45) is 2.92. The van der Waals surface area contributed by atoms with Gasteiger partial charge in [-0.05, 0) is 42.0 Å². The second-order valence-corrected chi connectivity index (χ2v) is 9.73. The predicted octanol–water partition coefficient (Wildman–Crippen LogP) is 5.10. The third kappa shape index (κ3) is 4.41. The van der Waals surface area contributed by atoms with Gasteiger partial charge in [-0.3, -0.25) is 0 Å².